The van der Waals surface area contributed by atoms with Crippen molar-refractivity contribution in [2.45, 2.75) is 78.1 Å². The van der Waals surface area contributed by atoms with E-state index in [1.54, 1.807) is 6.08 Å². The lowest BCUT2D eigenvalue weighted by atomic mass is 10.1. The maximum atomic E-state index is 12.6. The molecule has 3 nitrogen and oxygen atoms in total. The fourth-order valence-electron chi connectivity index (χ4n) is 2.37. The lowest BCUT2D eigenvalue weighted by molar-refractivity contribution is -0.148. The summed E-state index contributed by atoms with van der Waals surface area (Å²) in [5.74, 6) is 0.511. The summed E-state index contributed by atoms with van der Waals surface area (Å²) in [6.45, 7) is 18.7. The molecule has 27 heavy (non-hydrogen) atoms. The SMILES string of the molecule is C=CC[C@@H](Cc1ccccc1)OC(=O)CC(O[Si](C)(C)C(C)(C)C)=C(C)C. The van der Waals surface area contributed by atoms with Crippen LogP contribution in [-0.2, 0) is 20.4 Å². The molecule has 150 valence electrons. The fourth-order valence-corrected chi connectivity index (χ4v) is 3.57. The zero-order valence-electron chi connectivity index (χ0n) is 18.1. The Kier molecular flexibility index (Phi) is 8.54. The summed E-state index contributed by atoms with van der Waals surface area (Å²) in [6.07, 6.45) is 3.09. The molecular formula is C23H36O3Si. The van der Waals surface area contributed by atoms with Gasteiger partial charge < -0.3 is 9.16 Å². The number of allylic oxidation sites excluding steroid dienone is 1. The van der Waals surface area contributed by atoms with Gasteiger partial charge in [-0.05, 0) is 43.1 Å². The molecule has 1 aromatic rings. The Bertz CT molecular complexity index is 650. The van der Waals surface area contributed by atoms with E-state index in [0.29, 0.717) is 12.8 Å². The number of esters is 1. The van der Waals surface area contributed by atoms with Crippen molar-refractivity contribution in [2.75, 3.05) is 0 Å². The minimum Gasteiger partial charge on any atom is -0.546 e. The van der Waals surface area contributed by atoms with E-state index < -0.39 is 8.32 Å². The highest BCUT2D eigenvalue weighted by atomic mass is 28.4. The quantitative estimate of drug-likeness (QED) is 0.212. The zero-order valence-corrected chi connectivity index (χ0v) is 19.1. The van der Waals surface area contributed by atoms with Gasteiger partial charge in [0.25, 0.3) is 0 Å². The predicted octanol–water partition coefficient (Wildman–Crippen LogP) is 6.42. The summed E-state index contributed by atoms with van der Waals surface area (Å²) in [4.78, 5) is 12.6. The van der Waals surface area contributed by atoms with Crippen LogP contribution in [-0.4, -0.2) is 20.4 Å². The molecule has 0 aliphatic rings. The van der Waals surface area contributed by atoms with E-state index in [2.05, 4.69) is 40.4 Å². The molecule has 1 atom stereocenters. The van der Waals surface area contributed by atoms with Crippen LogP contribution < -0.4 is 0 Å². The summed E-state index contributed by atoms with van der Waals surface area (Å²) >= 11 is 0. The van der Waals surface area contributed by atoms with Crippen LogP contribution >= 0.6 is 0 Å². The molecule has 0 saturated heterocycles. The van der Waals surface area contributed by atoms with E-state index in [1.165, 1.54) is 0 Å². The molecule has 0 unspecified atom stereocenters. The Morgan fingerprint density at radius 1 is 1.19 bits per heavy atom. The van der Waals surface area contributed by atoms with Crippen LogP contribution in [0.15, 0.2) is 54.3 Å². The highest BCUT2D eigenvalue weighted by Crippen LogP contribution is 2.38. The fraction of sp³-hybridized carbons (Fsp3) is 0.522. The van der Waals surface area contributed by atoms with Crippen molar-refractivity contribution in [1.29, 1.82) is 0 Å². The van der Waals surface area contributed by atoms with Crippen LogP contribution in [0.25, 0.3) is 0 Å². The number of hydrogen-bond donors (Lipinski definition) is 0. The second kappa shape index (κ2) is 9.93. The van der Waals surface area contributed by atoms with Gasteiger partial charge in [0.2, 0.25) is 8.32 Å². The number of carbonyl (C=O) groups excluding carboxylic acids is 1. The van der Waals surface area contributed by atoms with E-state index in [-0.39, 0.29) is 23.5 Å². The summed E-state index contributed by atoms with van der Waals surface area (Å²) in [5.41, 5.74) is 2.18. The van der Waals surface area contributed by atoms with E-state index in [9.17, 15) is 4.79 Å². The van der Waals surface area contributed by atoms with Gasteiger partial charge in [-0.1, -0.05) is 57.2 Å². The van der Waals surface area contributed by atoms with Gasteiger partial charge in [0.15, 0.2) is 0 Å². The second-order valence-corrected chi connectivity index (χ2v) is 13.5. The van der Waals surface area contributed by atoms with Crippen molar-refractivity contribution in [1.82, 2.24) is 0 Å². The van der Waals surface area contributed by atoms with Crippen molar-refractivity contribution in [3.8, 4) is 0 Å². The van der Waals surface area contributed by atoms with E-state index in [1.807, 2.05) is 44.2 Å². The van der Waals surface area contributed by atoms with Gasteiger partial charge in [0.1, 0.15) is 12.5 Å². The lowest BCUT2D eigenvalue weighted by Gasteiger charge is -2.37. The molecule has 0 spiro atoms. The maximum absolute atomic E-state index is 12.6. The molecule has 4 heteroatoms. The summed E-state index contributed by atoms with van der Waals surface area (Å²) < 4.78 is 12.2. The van der Waals surface area contributed by atoms with Crippen LogP contribution in [0.5, 0.6) is 0 Å². The molecule has 0 radical (unpaired) electrons. The zero-order chi connectivity index (χ0) is 20.7. The van der Waals surface area contributed by atoms with Crippen molar-refractivity contribution in [3.05, 3.63) is 59.9 Å². The highest BCUT2D eigenvalue weighted by Gasteiger charge is 2.39. The maximum Gasteiger partial charge on any atom is 0.313 e. The standard InChI is InChI=1S/C23H36O3Si/c1-9-13-20(16-19-14-11-10-12-15-19)25-22(24)17-21(18(2)3)26-27(7,8)23(4,5)6/h9-12,14-15,20H,1,13,16-17H2,2-8H3/t20-/m0/s1. The van der Waals surface area contributed by atoms with Crippen LogP contribution in [0.2, 0.25) is 18.1 Å². The third-order valence-electron chi connectivity index (χ3n) is 5.08. The minimum absolute atomic E-state index is 0.0797. The second-order valence-electron chi connectivity index (χ2n) is 8.79. The molecule has 0 heterocycles. The predicted molar refractivity (Wildman–Crippen MR) is 116 cm³/mol. The number of rotatable bonds is 9. The first-order valence-electron chi connectivity index (χ1n) is 9.66. The van der Waals surface area contributed by atoms with Crippen molar-refractivity contribution < 1.29 is 14.0 Å². The molecule has 0 fully saturated rings. The molecule has 0 saturated carbocycles. The van der Waals surface area contributed by atoms with Gasteiger partial charge in [-0.15, -0.1) is 6.58 Å². The Morgan fingerprint density at radius 2 is 1.78 bits per heavy atom. The van der Waals surface area contributed by atoms with E-state index >= 15 is 0 Å². The summed E-state index contributed by atoms with van der Waals surface area (Å²) in [6, 6.07) is 10.1. The van der Waals surface area contributed by atoms with Gasteiger partial charge in [-0.25, -0.2) is 0 Å². The Morgan fingerprint density at radius 3 is 2.26 bits per heavy atom. The normalized spacial score (nSPS) is 12.9. The smallest absolute Gasteiger partial charge is 0.313 e. The molecule has 0 aliphatic heterocycles. The average molecular weight is 389 g/mol. The first-order chi connectivity index (χ1) is 12.5. The van der Waals surface area contributed by atoms with Crippen molar-refractivity contribution in [3.63, 3.8) is 0 Å². The Hall–Kier alpha value is -1.81. The highest BCUT2D eigenvalue weighted by molar-refractivity contribution is 6.74. The molecule has 0 aromatic heterocycles. The van der Waals surface area contributed by atoms with E-state index in [4.69, 9.17) is 9.16 Å². The average Bonchev–Trinajstić information content (AvgIpc) is 2.54. The van der Waals surface area contributed by atoms with Crippen LogP contribution in [0.3, 0.4) is 0 Å². The van der Waals surface area contributed by atoms with Gasteiger partial charge in [-0.3, -0.25) is 4.79 Å². The molecule has 0 N–H and O–H groups in total. The molecule has 1 rings (SSSR count). The lowest BCUT2D eigenvalue weighted by Crippen LogP contribution is -2.41. The van der Waals surface area contributed by atoms with Crippen LogP contribution in [0.4, 0.5) is 0 Å². The first kappa shape index (κ1) is 23.2. The molecule has 1 aromatic carbocycles. The first-order valence-corrected chi connectivity index (χ1v) is 12.6. The molecular weight excluding hydrogens is 352 g/mol. The Labute approximate surface area is 166 Å². The number of benzene rings is 1. The largest absolute Gasteiger partial charge is 0.546 e. The van der Waals surface area contributed by atoms with Gasteiger partial charge in [-0.2, -0.15) is 0 Å². The number of carbonyl (C=O) groups is 1. The van der Waals surface area contributed by atoms with Gasteiger partial charge in [0.05, 0.1) is 5.76 Å². The van der Waals surface area contributed by atoms with Crippen molar-refractivity contribution >= 4 is 14.3 Å². The number of hydrogen-bond acceptors (Lipinski definition) is 3. The van der Waals surface area contributed by atoms with Gasteiger partial charge in [0, 0.05) is 12.8 Å². The van der Waals surface area contributed by atoms with Crippen molar-refractivity contribution in [2.24, 2.45) is 0 Å². The molecule has 0 bridgehead atoms. The van der Waals surface area contributed by atoms with Crippen LogP contribution in [0, 0.1) is 0 Å². The van der Waals surface area contributed by atoms with E-state index in [0.717, 1.165) is 16.9 Å². The third-order valence-corrected chi connectivity index (χ3v) is 9.45. The topological polar surface area (TPSA) is 35.5 Å². The van der Waals surface area contributed by atoms with Gasteiger partial charge >= 0.3 is 5.97 Å². The van der Waals surface area contributed by atoms with Crippen LogP contribution in [0.1, 0.15) is 53.0 Å². The Balaban J connectivity index is 2.80. The monoisotopic (exact) mass is 388 g/mol. The third kappa shape index (κ3) is 7.75. The molecule has 0 aliphatic carbocycles. The number of ether oxygens (including phenoxy) is 1. The molecule has 0 amide bonds. The minimum atomic E-state index is -2.00. The summed E-state index contributed by atoms with van der Waals surface area (Å²) in [5, 5.41) is 0.0797. The summed E-state index contributed by atoms with van der Waals surface area (Å²) in [7, 11) is -2.00.